The fraction of sp³-hybridized carbons (Fsp3) is 1.00. The van der Waals surface area contributed by atoms with Crippen LogP contribution in [0.5, 0.6) is 0 Å². The lowest BCUT2D eigenvalue weighted by Gasteiger charge is -2.01. The number of likely N-dealkylation sites (N-methyl/N-ethyl adjacent to an activating group) is 1. The molecular formula is C9H20N2O. The first kappa shape index (κ1) is 9.96. The van der Waals surface area contributed by atoms with Crippen molar-refractivity contribution in [1.29, 1.82) is 0 Å². The Morgan fingerprint density at radius 2 is 1.58 bits per heavy atom. The summed E-state index contributed by atoms with van der Waals surface area (Å²) in [4.78, 5) is 4.50. The molecule has 0 saturated carbocycles. The van der Waals surface area contributed by atoms with Gasteiger partial charge in [0.05, 0.1) is 13.3 Å². The topological polar surface area (TPSA) is 15.7 Å². The third-order valence-electron chi connectivity index (χ3n) is 2.26. The Morgan fingerprint density at radius 3 is 1.75 bits per heavy atom. The van der Waals surface area contributed by atoms with Gasteiger partial charge in [0.25, 0.3) is 0 Å². The summed E-state index contributed by atoms with van der Waals surface area (Å²) >= 11 is 0. The summed E-state index contributed by atoms with van der Waals surface area (Å²) in [6.07, 6.45) is 2.83. The highest BCUT2D eigenvalue weighted by atomic mass is 16.5. The molecule has 12 heavy (non-hydrogen) atoms. The molecule has 2 aliphatic heterocycles. The summed E-state index contributed by atoms with van der Waals surface area (Å²) in [6.45, 7) is 5.47. The molecule has 0 atom stereocenters. The second-order valence-electron chi connectivity index (χ2n) is 3.63. The van der Waals surface area contributed by atoms with E-state index < -0.39 is 0 Å². The van der Waals surface area contributed by atoms with Gasteiger partial charge in [0.15, 0.2) is 0 Å². The summed E-state index contributed by atoms with van der Waals surface area (Å²) < 4.78 is 4.98. The molecule has 0 spiro atoms. The van der Waals surface area contributed by atoms with Gasteiger partial charge in [-0.2, -0.15) is 0 Å². The van der Waals surface area contributed by atoms with Crippen molar-refractivity contribution >= 4 is 0 Å². The summed E-state index contributed by atoms with van der Waals surface area (Å²) in [5.74, 6) is 0. The van der Waals surface area contributed by atoms with Crippen molar-refractivity contribution in [3.63, 3.8) is 0 Å². The molecule has 3 heteroatoms. The fourth-order valence-electron chi connectivity index (χ4n) is 1.38. The summed E-state index contributed by atoms with van der Waals surface area (Å²) in [5.41, 5.74) is 0. The maximum absolute atomic E-state index is 4.98. The monoisotopic (exact) mass is 172 g/mol. The Balaban J connectivity index is 0.000000120. The number of rotatable bonds is 0. The van der Waals surface area contributed by atoms with Gasteiger partial charge in [-0.15, -0.1) is 0 Å². The summed E-state index contributed by atoms with van der Waals surface area (Å²) in [7, 11) is 4.22. The van der Waals surface area contributed by atoms with Crippen LogP contribution < -0.4 is 0 Å². The largest absolute Gasteiger partial charge is 0.365 e. The predicted octanol–water partition coefficient (Wildman–Crippen LogP) is 0.618. The van der Waals surface area contributed by atoms with Gasteiger partial charge < -0.3 is 9.64 Å². The van der Waals surface area contributed by atoms with E-state index in [9.17, 15) is 0 Å². The zero-order valence-electron chi connectivity index (χ0n) is 8.25. The molecule has 0 unspecified atom stereocenters. The number of ether oxygens (including phenoxy) is 1. The van der Waals surface area contributed by atoms with Gasteiger partial charge in [-0.05, 0) is 40.0 Å². The zero-order chi connectivity index (χ0) is 8.81. The van der Waals surface area contributed by atoms with Crippen molar-refractivity contribution in [2.75, 3.05) is 47.1 Å². The smallest absolute Gasteiger partial charge is 0.0989 e. The van der Waals surface area contributed by atoms with Crippen molar-refractivity contribution in [1.82, 2.24) is 9.80 Å². The van der Waals surface area contributed by atoms with Crippen molar-refractivity contribution in [3.05, 3.63) is 0 Å². The number of hydrogen-bond donors (Lipinski definition) is 0. The van der Waals surface area contributed by atoms with Crippen LogP contribution in [0.15, 0.2) is 0 Å². The van der Waals surface area contributed by atoms with Crippen LogP contribution in [0.3, 0.4) is 0 Å². The lowest BCUT2D eigenvalue weighted by atomic mass is 10.4. The Morgan fingerprint density at radius 1 is 0.917 bits per heavy atom. The average molecular weight is 172 g/mol. The van der Waals surface area contributed by atoms with Crippen LogP contribution in [0.1, 0.15) is 12.8 Å². The van der Waals surface area contributed by atoms with E-state index in [0.717, 1.165) is 19.9 Å². The summed E-state index contributed by atoms with van der Waals surface area (Å²) in [6, 6.07) is 0. The van der Waals surface area contributed by atoms with Gasteiger partial charge in [0, 0.05) is 6.54 Å². The standard InChI is InChI=1S/C5H11N.C4H9NO/c1-6-4-2-3-5-6;1-5-2-3-6-4-5/h2-5H2,1H3;2-4H2,1H3. The molecule has 0 N–H and O–H groups in total. The third kappa shape index (κ3) is 4.04. The Kier molecular flexibility index (Phi) is 4.58. The molecule has 0 aromatic rings. The zero-order valence-corrected chi connectivity index (χ0v) is 8.25. The first-order chi connectivity index (χ1) is 5.79. The molecule has 0 radical (unpaired) electrons. The molecule has 3 nitrogen and oxygen atoms in total. The molecule has 0 aromatic carbocycles. The fourth-order valence-corrected chi connectivity index (χ4v) is 1.38. The Labute approximate surface area is 75.3 Å². The van der Waals surface area contributed by atoms with Crippen molar-refractivity contribution < 1.29 is 4.74 Å². The van der Waals surface area contributed by atoms with Crippen LogP contribution in [-0.4, -0.2) is 56.9 Å². The van der Waals surface area contributed by atoms with E-state index in [4.69, 9.17) is 4.74 Å². The van der Waals surface area contributed by atoms with Gasteiger partial charge in [-0.3, -0.25) is 4.90 Å². The number of likely N-dealkylation sites (tertiary alicyclic amines) is 1. The molecule has 2 fully saturated rings. The van der Waals surface area contributed by atoms with E-state index in [1.807, 2.05) is 7.05 Å². The second kappa shape index (κ2) is 5.51. The van der Waals surface area contributed by atoms with E-state index in [-0.39, 0.29) is 0 Å². The van der Waals surface area contributed by atoms with Crippen molar-refractivity contribution in [2.45, 2.75) is 12.8 Å². The number of nitrogens with zero attached hydrogens (tertiary/aromatic N) is 2. The molecule has 2 heterocycles. The van der Waals surface area contributed by atoms with E-state index in [2.05, 4.69) is 16.8 Å². The van der Waals surface area contributed by atoms with Gasteiger partial charge >= 0.3 is 0 Å². The Bertz CT molecular complexity index is 93.1. The minimum atomic E-state index is 0.819. The molecule has 0 aromatic heterocycles. The third-order valence-corrected chi connectivity index (χ3v) is 2.26. The van der Waals surface area contributed by atoms with Gasteiger partial charge in [0.2, 0.25) is 0 Å². The van der Waals surface area contributed by atoms with Crippen LogP contribution in [0.4, 0.5) is 0 Å². The molecule has 2 aliphatic rings. The van der Waals surface area contributed by atoms with Crippen molar-refractivity contribution in [3.8, 4) is 0 Å². The van der Waals surface area contributed by atoms with Crippen LogP contribution >= 0.6 is 0 Å². The molecule has 0 bridgehead atoms. The lowest BCUT2D eigenvalue weighted by Crippen LogP contribution is -2.11. The molecule has 2 saturated heterocycles. The van der Waals surface area contributed by atoms with Crippen LogP contribution in [0, 0.1) is 0 Å². The van der Waals surface area contributed by atoms with Crippen LogP contribution in [0.2, 0.25) is 0 Å². The van der Waals surface area contributed by atoms with Crippen molar-refractivity contribution in [2.24, 2.45) is 0 Å². The van der Waals surface area contributed by atoms with Gasteiger partial charge in [0.1, 0.15) is 0 Å². The quantitative estimate of drug-likeness (QED) is 0.532. The molecule has 0 amide bonds. The minimum absolute atomic E-state index is 0.819. The second-order valence-corrected chi connectivity index (χ2v) is 3.63. The maximum atomic E-state index is 4.98. The highest BCUT2D eigenvalue weighted by molar-refractivity contribution is 4.59. The molecular weight excluding hydrogens is 152 g/mol. The highest BCUT2D eigenvalue weighted by Crippen LogP contribution is 2.02. The van der Waals surface area contributed by atoms with E-state index in [0.29, 0.717) is 0 Å². The van der Waals surface area contributed by atoms with Gasteiger partial charge in [-0.1, -0.05) is 0 Å². The Hall–Kier alpha value is -0.120. The lowest BCUT2D eigenvalue weighted by molar-refractivity contribution is 0.154. The minimum Gasteiger partial charge on any atom is -0.365 e. The molecule has 0 aliphatic carbocycles. The van der Waals surface area contributed by atoms with E-state index in [1.165, 1.54) is 25.9 Å². The SMILES string of the molecule is CN1CCCC1.CN1CCOC1. The number of hydrogen-bond acceptors (Lipinski definition) is 3. The summed E-state index contributed by atoms with van der Waals surface area (Å²) in [5, 5.41) is 0. The first-order valence-corrected chi connectivity index (χ1v) is 4.74. The maximum Gasteiger partial charge on any atom is 0.0989 e. The van der Waals surface area contributed by atoms with E-state index >= 15 is 0 Å². The predicted molar refractivity (Wildman–Crippen MR) is 50.2 cm³/mol. The first-order valence-electron chi connectivity index (χ1n) is 4.74. The normalized spacial score (nSPS) is 25.5. The average Bonchev–Trinajstić information content (AvgIpc) is 2.63. The molecule has 72 valence electrons. The van der Waals surface area contributed by atoms with E-state index in [1.54, 1.807) is 0 Å². The van der Waals surface area contributed by atoms with Crippen LogP contribution in [-0.2, 0) is 4.74 Å². The van der Waals surface area contributed by atoms with Crippen LogP contribution in [0.25, 0.3) is 0 Å². The highest BCUT2D eigenvalue weighted by Gasteiger charge is 2.03. The van der Waals surface area contributed by atoms with Gasteiger partial charge in [-0.25, -0.2) is 0 Å². The molecule has 2 rings (SSSR count).